The van der Waals surface area contributed by atoms with Crippen molar-refractivity contribution in [2.45, 2.75) is 58.3 Å². The molecule has 0 saturated carbocycles. The summed E-state index contributed by atoms with van der Waals surface area (Å²) in [5.41, 5.74) is 9.40. The lowest BCUT2D eigenvalue weighted by atomic mass is 10.1. The highest BCUT2D eigenvalue weighted by atomic mass is 32.2. The topological polar surface area (TPSA) is 219 Å². The second-order valence-corrected chi connectivity index (χ2v) is 21.4. The molecule has 8 aromatic rings. The minimum absolute atomic E-state index is 0.0585. The van der Waals surface area contributed by atoms with E-state index in [2.05, 4.69) is 10.6 Å². The number of benzene rings is 8. The summed E-state index contributed by atoms with van der Waals surface area (Å²) < 4.78 is 69.1. The minimum Gasteiger partial charge on any atom is -0.493 e. The van der Waals surface area contributed by atoms with Crippen LogP contribution >= 0.6 is 11.8 Å². The van der Waals surface area contributed by atoms with Crippen molar-refractivity contribution in [1.29, 1.82) is 5.41 Å². The average molecular weight is 1280 g/mol. The second-order valence-electron chi connectivity index (χ2n) is 20.3. The lowest BCUT2D eigenvalue weighted by Crippen LogP contribution is -2.14. The van der Waals surface area contributed by atoms with Crippen LogP contribution in [0.1, 0.15) is 44.5 Å². The summed E-state index contributed by atoms with van der Waals surface area (Å²) in [5, 5.41) is 13.8. The third-order valence-corrected chi connectivity index (χ3v) is 14.4. The Hall–Kier alpha value is -10.2. The first-order chi connectivity index (χ1) is 44.3. The van der Waals surface area contributed by atoms with Gasteiger partial charge in [0.2, 0.25) is 34.8 Å². The predicted octanol–water partition coefficient (Wildman–Crippen LogP) is 13.9. The molecule has 0 saturated heterocycles. The highest BCUT2D eigenvalue weighted by Crippen LogP contribution is 2.42. The molecule has 0 aliphatic rings. The van der Waals surface area contributed by atoms with Crippen LogP contribution in [0.15, 0.2) is 150 Å². The first-order valence-corrected chi connectivity index (χ1v) is 29.6. The number of carbonyl (C=O) groups excluding carboxylic acids is 3. The predicted molar refractivity (Wildman–Crippen MR) is 360 cm³/mol. The van der Waals surface area contributed by atoms with E-state index in [1.165, 1.54) is 44.2 Å². The molecule has 92 heavy (non-hydrogen) atoms. The summed E-state index contributed by atoms with van der Waals surface area (Å²) in [7, 11) is 18.6. The van der Waals surface area contributed by atoms with Crippen molar-refractivity contribution < 1.29 is 76.0 Å². The number of ether oxygens (including phenoxy) is 13. The molecule has 488 valence electrons. The molecule has 0 heterocycles. The molecule has 0 unspecified atom stereocenters. The van der Waals surface area contributed by atoms with Gasteiger partial charge < -0.3 is 72.2 Å². The quantitative estimate of drug-likeness (QED) is 0.0291. The van der Waals surface area contributed by atoms with E-state index < -0.39 is 0 Å². The number of carbonyl (C=O) groups is 3. The average Bonchev–Trinajstić information content (AvgIpc) is 1.05. The van der Waals surface area contributed by atoms with Crippen molar-refractivity contribution in [3.05, 3.63) is 190 Å². The number of anilines is 2. The van der Waals surface area contributed by atoms with Gasteiger partial charge in [-0.1, -0.05) is 94.7 Å². The number of thioether (sulfide) groups is 1. The fourth-order valence-electron chi connectivity index (χ4n) is 8.90. The molecule has 19 nitrogen and oxygen atoms in total. The first-order valence-electron chi connectivity index (χ1n) is 28.8. The third-order valence-electron chi connectivity index (χ3n) is 13.5. The highest BCUT2D eigenvalue weighted by molar-refractivity contribution is 8.13. The summed E-state index contributed by atoms with van der Waals surface area (Å²) in [6.07, 6.45) is 1.13. The second kappa shape index (κ2) is 37.1. The van der Waals surface area contributed by atoms with Crippen LogP contribution < -0.4 is 72.2 Å². The fourth-order valence-corrected chi connectivity index (χ4v) is 9.67. The van der Waals surface area contributed by atoms with Crippen molar-refractivity contribution in [1.82, 2.24) is 0 Å². The van der Waals surface area contributed by atoms with Gasteiger partial charge in [-0.2, -0.15) is 0 Å². The van der Waals surface area contributed by atoms with E-state index in [-0.39, 0.29) is 35.7 Å². The molecular formula is C72H83N3O16S. The number of methoxy groups -OCH3 is 12. The Kier molecular flexibility index (Phi) is 29.2. The molecule has 2 amide bonds. The maximum Gasteiger partial charge on any atom is 0.228 e. The molecule has 0 aliphatic carbocycles. The van der Waals surface area contributed by atoms with Gasteiger partial charge in [0.05, 0.1) is 98.2 Å². The van der Waals surface area contributed by atoms with Crippen LogP contribution in [0.3, 0.4) is 0 Å². The molecule has 0 radical (unpaired) electrons. The third kappa shape index (κ3) is 22.1. The number of hydrogen-bond donors (Lipinski definition) is 3. The highest BCUT2D eigenvalue weighted by Gasteiger charge is 2.19. The van der Waals surface area contributed by atoms with Gasteiger partial charge >= 0.3 is 0 Å². The molecule has 0 spiro atoms. The Labute approximate surface area is 543 Å². The molecule has 3 N–H and O–H groups in total. The van der Waals surface area contributed by atoms with Crippen molar-refractivity contribution >= 4 is 46.0 Å². The van der Waals surface area contributed by atoms with E-state index in [1.54, 1.807) is 100 Å². The van der Waals surface area contributed by atoms with E-state index in [4.69, 9.17) is 67.0 Å². The lowest BCUT2D eigenvalue weighted by molar-refractivity contribution is -0.116. The Balaban J connectivity index is 0.000000223. The zero-order chi connectivity index (χ0) is 67.3. The number of aryl methyl sites for hydroxylation is 4. The summed E-state index contributed by atoms with van der Waals surface area (Å²) in [6.45, 7) is 8.04. The zero-order valence-corrected chi connectivity index (χ0v) is 55.9. The monoisotopic (exact) mass is 1280 g/mol. The van der Waals surface area contributed by atoms with Crippen LogP contribution in [-0.2, 0) is 40.1 Å². The molecular weight excluding hydrogens is 1190 g/mol. The molecule has 0 bridgehead atoms. The van der Waals surface area contributed by atoms with Crippen LogP contribution in [0.2, 0.25) is 0 Å². The summed E-state index contributed by atoms with van der Waals surface area (Å²) in [4.78, 5) is 37.6. The van der Waals surface area contributed by atoms with Gasteiger partial charge in [-0.15, -0.1) is 0 Å². The largest absolute Gasteiger partial charge is 0.493 e. The molecule has 8 rings (SSSR count). The van der Waals surface area contributed by atoms with Crippen LogP contribution in [-0.4, -0.2) is 108 Å². The molecule has 0 aromatic heterocycles. The number of hydrogen-bond acceptors (Lipinski definition) is 18. The van der Waals surface area contributed by atoms with Crippen LogP contribution in [0, 0.1) is 33.1 Å². The normalized spacial score (nSPS) is 10.1. The van der Waals surface area contributed by atoms with E-state index in [0.29, 0.717) is 93.3 Å². The standard InChI is InChI=1S/3C18H21NO4.C18H20O4S/c1-12-5-7-14(8-6-12)23-17(19)11-13-9-15(20-2)18(22-4)16(10-13)21-3;1-12-5-7-14(8-6-12)19-17(20)11-13-9-15(21-2)18(23-4)16(10-13)22-3;1-12-5-7-13(8-6-12)9-17(20)19-14-10-15(21-2)18(23-4)16(11-14)22-3;1-12-5-7-14(8-6-12)23-17(19)11-13-9-15(20-2)18(22-4)16(10-13)21-3/h5-10,19H,11H2,1-4H3;5-10H,11H2,1-4H3,(H,19,20);5-8,10-11H,9H2,1-4H3,(H,19,20);5-10H,11H2,1-4H3. The zero-order valence-electron chi connectivity index (χ0n) is 55.1. The minimum atomic E-state index is -0.108. The Morgan fingerprint density at radius 2 is 0.630 bits per heavy atom. The fraction of sp³-hybridized carbons (Fsp3) is 0.278. The Morgan fingerprint density at radius 3 is 0.989 bits per heavy atom. The van der Waals surface area contributed by atoms with Crippen LogP contribution in [0.4, 0.5) is 11.4 Å². The maximum atomic E-state index is 12.3. The molecule has 0 aliphatic heterocycles. The number of amides is 2. The van der Waals surface area contributed by atoms with Gasteiger partial charge in [0.25, 0.3) is 0 Å². The van der Waals surface area contributed by atoms with Gasteiger partial charge in [-0.3, -0.25) is 19.8 Å². The molecule has 20 heteroatoms. The Bertz CT molecular complexity index is 3110. The smallest absolute Gasteiger partial charge is 0.228 e. The van der Waals surface area contributed by atoms with E-state index in [1.807, 2.05) is 137 Å². The van der Waals surface area contributed by atoms with Gasteiger partial charge in [0.15, 0.2) is 57.0 Å². The van der Waals surface area contributed by atoms with Gasteiger partial charge in [-0.05, 0) is 123 Å². The van der Waals surface area contributed by atoms with Crippen molar-refractivity contribution in [2.75, 3.05) is 96.0 Å². The first kappa shape index (κ1) is 72.5. The van der Waals surface area contributed by atoms with Gasteiger partial charge in [0.1, 0.15) is 5.75 Å². The van der Waals surface area contributed by atoms with E-state index in [0.717, 1.165) is 44.0 Å². The molecule has 8 aromatic carbocycles. The van der Waals surface area contributed by atoms with Gasteiger partial charge in [0, 0.05) is 41.2 Å². The number of nitrogens with one attached hydrogen (secondary N) is 3. The van der Waals surface area contributed by atoms with Crippen molar-refractivity contribution in [3.8, 4) is 74.7 Å². The van der Waals surface area contributed by atoms with Crippen LogP contribution in [0.25, 0.3) is 0 Å². The lowest BCUT2D eigenvalue weighted by Gasteiger charge is -2.14. The van der Waals surface area contributed by atoms with Crippen LogP contribution in [0.5, 0.6) is 74.7 Å². The summed E-state index contributed by atoms with van der Waals surface area (Å²) in [5.74, 6) is 6.92. The summed E-state index contributed by atoms with van der Waals surface area (Å²) >= 11 is 1.23. The molecule has 0 fully saturated rings. The summed E-state index contributed by atoms with van der Waals surface area (Å²) in [6, 6.07) is 45.2. The number of rotatable bonds is 24. The SMILES string of the molecule is COc1cc(CC(=N)Oc2ccc(C)cc2)cc(OC)c1OC.COc1cc(CC(=O)Nc2ccc(C)cc2)cc(OC)c1OC.COc1cc(CC(=O)Sc2ccc(C)cc2)cc(OC)c1OC.COc1cc(NC(=O)Cc2ccc(C)cc2)cc(OC)c1OC. The van der Waals surface area contributed by atoms with Gasteiger partial charge in [-0.25, -0.2) is 0 Å². The molecule has 0 atom stereocenters. The van der Waals surface area contributed by atoms with Crippen molar-refractivity contribution in [2.24, 2.45) is 0 Å². The van der Waals surface area contributed by atoms with E-state index in [9.17, 15) is 14.4 Å². The van der Waals surface area contributed by atoms with E-state index >= 15 is 0 Å². The maximum absolute atomic E-state index is 12.3. The Morgan fingerprint density at radius 1 is 0.337 bits per heavy atom. The van der Waals surface area contributed by atoms with Crippen molar-refractivity contribution in [3.63, 3.8) is 0 Å².